The lowest BCUT2D eigenvalue weighted by atomic mass is 9.98. The summed E-state index contributed by atoms with van der Waals surface area (Å²) in [6, 6.07) is 12.1. The number of alkyl halides is 1. The van der Waals surface area contributed by atoms with Crippen molar-refractivity contribution >= 4 is 16.7 Å². The molecular formula is C13H11FO3. The lowest BCUT2D eigenvalue weighted by Gasteiger charge is -2.14. The van der Waals surface area contributed by atoms with Gasteiger partial charge in [-0.3, -0.25) is 0 Å². The Bertz CT molecular complexity index is 548. The molecule has 4 heteroatoms. The van der Waals surface area contributed by atoms with Gasteiger partial charge in [0, 0.05) is 0 Å². The van der Waals surface area contributed by atoms with Crippen LogP contribution in [0.3, 0.4) is 0 Å². The molecule has 88 valence electrons. The maximum Gasteiger partial charge on any atom is 0.341 e. The second-order valence-electron chi connectivity index (χ2n) is 3.75. The molecule has 0 fully saturated rings. The van der Waals surface area contributed by atoms with Crippen molar-refractivity contribution in [1.29, 1.82) is 0 Å². The molecule has 17 heavy (non-hydrogen) atoms. The average molecular weight is 234 g/mol. The Morgan fingerprint density at radius 1 is 1.12 bits per heavy atom. The molecule has 2 N–H and O–H groups in total. The SMILES string of the molecule is O=C(O)C(F)C(O)c1cccc2ccccc12. The monoisotopic (exact) mass is 234 g/mol. The van der Waals surface area contributed by atoms with Crippen LogP contribution in [0.25, 0.3) is 10.8 Å². The fraction of sp³-hybridized carbons (Fsp3) is 0.154. The van der Waals surface area contributed by atoms with Crippen LogP contribution in [0.2, 0.25) is 0 Å². The lowest BCUT2D eigenvalue weighted by Crippen LogP contribution is -2.23. The maximum absolute atomic E-state index is 13.3. The number of aliphatic hydroxyl groups is 1. The largest absolute Gasteiger partial charge is 0.479 e. The summed E-state index contributed by atoms with van der Waals surface area (Å²) in [6.07, 6.45) is -3.97. The van der Waals surface area contributed by atoms with Gasteiger partial charge in [0.05, 0.1) is 0 Å². The Kier molecular flexibility index (Phi) is 3.06. The standard InChI is InChI=1S/C13H11FO3/c14-11(13(16)17)12(15)10-7-3-5-8-4-1-2-6-9(8)10/h1-7,11-12,15H,(H,16,17). The summed E-state index contributed by atoms with van der Waals surface area (Å²) < 4.78 is 13.3. The molecule has 0 bridgehead atoms. The van der Waals surface area contributed by atoms with Crippen LogP contribution >= 0.6 is 0 Å². The highest BCUT2D eigenvalue weighted by atomic mass is 19.1. The van der Waals surface area contributed by atoms with Crippen LogP contribution in [0.1, 0.15) is 11.7 Å². The van der Waals surface area contributed by atoms with Crippen molar-refractivity contribution in [3.63, 3.8) is 0 Å². The molecule has 2 rings (SSSR count). The number of aliphatic hydroxyl groups excluding tert-OH is 1. The third-order valence-corrected chi connectivity index (χ3v) is 2.66. The normalized spacial score (nSPS) is 14.5. The van der Waals surface area contributed by atoms with Crippen molar-refractivity contribution in [2.75, 3.05) is 0 Å². The van der Waals surface area contributed by atoms with E-state index >= 15 is 0 Å². The van der Waals surface area contributed by atoms with Gasteiger partial charge in [-0.2, -0.15) is 0 Å². The second kappa shape index (κ2) is 4.51. The van der Waals surface area contributed by atoms with E-state index in [2.05, 4.69) is 0 Å². The van der Waals surface area contributed by atoms with Crippen molar-refractivity contribution in [2.45, 2.75) is 12.3 Å². The molecule has 0 heterocycles. The number of aliphatic carboxylic acids is 1. The number of benzene rings is 2. The Hall–Kier alpha value is -1.94. The van der Waals surface area contributed by atoms with Gasteiger partial charge in [-0.15, -0.1) is 0 Å². The minimum atomic E-state index is -2.32. The van der Waals surface area contributed by atoms with E-state index in [4.69, 9.17) is 5.11 Å². The first-order chi connectivity index (χ1) is 8.11. The van der Waals surface area contributed by atoms with Gasteiger partial charge in [0.2, 0.25) is 6.17 Å². The number of hydrogen-bond acceptors (Lipinski definition) is 2. The number of carboxylic acid groups (broad SMARTS) is 1. The predicted octanol–water partition coefficient (Wildman–Crippen LogP) is 2.30. The molecule has 0 aliphatic carbocycles. The third-order valence-electron chi connectivity index (χ3n) is 2.66. The molecule has 2 aromatic carbocycles. The zero-order valence-corrected chi connectivity index (χ0v) is 8.88. The quantitative estimate of drug-likeness (QED) is 0.856. The molecule has 2 unspecified atom stereocenters. The molecule has 0 aliphatic rings. The van der Waals surface area contributed by atoms with Crippen LogP contribution < -0.4 is 0 Å². The van der Waals surface area contributed by atoms with Gasteiger partial charge in [-0.1, -0.05) is 42.5 Å². The van der Waals surface area contributed by atoms with E-state index in [1.165, 1.54) is 6.07 Å². The molecule has 0 spiro atoms. The Labute approximate surface area is 97.1 Å². The zero-order chi connectivity index (χ0) is 12.4. The summed E-state index contributed by atoms with van der Waals surface area (Å²) in [5.41, 5.74) is 0.290. The molecule has 0 aromatic heterocycles. The number of carbonyl (C=O) groups is 1. The van der Waals surface area contributed by atoms with E-state index in [0.717, 1.165) is 5.39 Å². The van der Waals surface area contributed by atoms with Crippen LogP contribution in [0.4, 0.5) is 4.39 Å². The highest BCUT2D eigenvalue weighted by Crippen LogP contribution is 2.27. The topological polar surface area (TPSA) is 57.5 Å². The highest BCUT2D eigenvalue weighted by Gasteiger charge is 2.28. The van der Waals surface area contributed by atoms with E-state index in [-0.39, 0.29) is 5.56 Å². The molecule has 0 amide bonds. The average Bonchev–Trinajstić information content (AvgIpc) is 2.36. The van der Waals surface area contributed by atoms with Crippen LogP contribution in [-0.2, 0) is 4.79 Å². The van der Waals surface area contributed by atoms with Gasteiger partial charge in [-0.05, 0) is 16.3 Å². The van der Waals surface area contributed by atoms with Gasteiger partial charge in [0.25, 0.3) is 0 Å². The van der Waals surface area contributed by atoms with Gasteiger partial charge < -0.3 is 10.2 Å². The summed E-state index contributed by atoms with van der Waals surface area (Å²) in [6.45, 7) is 0. The molecule has 0 saturated carbocycles. The minimum absolute atomic E-state index is 0.290. The maximum atomic E-state index is 13.3. The molecule has 0 saturated heterocycles. The smallest absolute Gasteiger partial charge is 0.341 e. The van der Waals surface area contributed by atoms with Crippen LogP contribution in [0.5, 0.6) is 0 Å². The van der Waals surface area contributed by atoms with Crippen LogP contribution in [-0.4, -0.2) is 22.4 Å². The third kappa shape index (κ3) is 2.12. The zero-order valence-electron chi connectivity index (χ0n) is 8.88. The predicted molar refractivity (Wildman–Crippen MR) is 61.4 cm³/mol. The number of carboxylic acids is 1. The first-order valence-electron chi connectivity index (χ1n) is 5.14. The fourth-order valence-corrected chi connectivity index (χ4v) is 1.80. The van der Waals surface area contributed by atoms with E-state index in [9.17, 15) is 14.3 Å². The van der Waals surface area contributed by atoms with Crippen molar-refractivity contribution < 1.29 is 19.4 Å². The first-order valence-corrected chi connectivity index (χ1v) is 5.14. The summed E-state index contributed by atoms with van der Waals surface area (Å²) in [5, 5.41) is 19.7. The van der Waals surface area contributed by atoms with Gasteiger partial charge >= 0.3 is 5.97 Å². The van der Waals surface area contributed by atoms with Gasteiger partial charge in [0.15, 0.2) is 0 Å². The van der Waals surface area contributed by atoms with E-state index in [0.29, 0.717) is 5.39 Å². The van der Waals surface area contributed by atoms with Crippen molar-refractivity contribution in [3.8, 4) is 0 Å². The molecular weight excluding hydrogens is 223 g/mol. The summed E-state index contributed by atoms with van der Waals surface area (Å²) in [5.74, 6) is -1.66. The van der Waals surface area contributed by atoms with E-state index in [1.807, 2.05) is 18.2 Å². The fourth-order valence-electron chi connectivity index (χ4n) is 1.80. The summed E-state index contributed by atoms with van der Waals surface area (Å²) in [7, 11) is 0. The summed E-state index contributed by atoms with van der Waals surface area (Å²) in [4.78, 5) is 10.5. The second-order valence-corrected chi connectivity index (χ2v) is 3.75. The minimum Gasteiger partial charge on any atom is -0.479 e. The molecule has 3 nitrogen and oxygen atoms in total. The molecule has 2 aromatic rings. The van der Waals surface area contributed by atoms with Crippen LogP contribution in [0.15, 0.2) is 42.5 Å². The first kappa shape index (κ1) is 11.5. The molecule has 2 atom stereocenters. The highest BCUT2D eigenvalue weighted by molar-refractivity contribution is 5.86. The van der Waals surface area contributed by atoms with Gasteiger partial charge in [-0.25, -0.2) is 9.18 Å². The van der Waals surface area contributed by atoms with E-state index < -0.39 is 18.2 Å². The lowest BCUT2D eigenvalue weighted by molar-refractivity contribution is -0.147. The Balaban J connectivity index is 2.52. The Morgan fingerprint density at radius 2 is 1.76 bits per heavy atom. The summed E-state index contributed by atoms with van der Waals surface area (Å²) >= 11 is 0. The molecule has 0 radical (unpaired) electrons. The van der Waals surface area contributed by atoms with Crippen molar-refractivity contribution in [1.82, 2.24) is 0 Å². The Morgan fingerprint density at radius 3 is 2.47 bits per heavy atom. The number of fused-ring (bicyclic) bond motifs is 1. The number of rotatable bonds is 3. The van der Waals surface area contributed by atoms with Gasteiger partial charge in [0.1, 0.15) is 6.10 Å². The molecule has 0 aliphatic heterocycles. The number of halogens is 1. The van der Waals surface area contributed by atoms with Crippen molar-refractivity contribution in [3.05, 3.63) is 48.0 Å². The van der Waals surface area contributed by atoms with Crippen molar-refractivity contribution in [2.24, 2.45) is 0 Å². The van der Waals surface area contributed by atoms with E-state index in [1.54, 1.807) is 18.2 Å². The number of hydrogen-bond donors (Lipinski definition) is 2. The van der Waals surface area contributed by atoms with Crippen LogP contribution in [0, 0.1) is 0 Å².